The van der Waals surface area contributed by atoms with Crippen molar-refractivity contribution in [2.75, 3.05) is 0 Å². The summed E-state index contributed by atoms with van der Waals surface area (Å²) in [5.41, 5.74) is 11.7. The second kappa shape index (κ2) is 4.18. The smallest absolute Gasteiger partial charge is 0.336 e. The maximum atomic E-state index is 12.1. The van der Waals surface area contributed by atoms with E-state index < -0.39 is 11.1 Å². The number of rotatable bonds is 1. The highest BCUT2D eigenvalue weighted by atomic mass is 16.6. The number of ether oxygens (including phenoxy) is 1. The summed E-state index contributed by atoms with van der Waals surface area (Å²) in [6.07, 6.45) is 3.50. The lowest BCUT2D eigenvalue weighted by molar-refractivity contribution is -0.150. The van der Waals surface area contributed by atoms with Crippen molar-refractivity contribution in [3.05, 3.63) is 23.4 Å². The van der Waals surface area contributed by atoms with Gasteiger partial charge in [-0.15, -0.1) is 0 Å². The normalized spacial score (nSPS) is 29.4. The lowest BCUT2D eigenvalue weighted by atomic mass is 9.78. The van der Waals surface area contributed by atoms with Crippen molar-refractivity contribution in [2.24, 2.45) is 17.4 Å². The lowest BCUT2D eigenvalue weighted by Gasteiger charge is -2.34. The maximum Gasteiger partial charge on any atom is 0.336 e. The Labute approximate surface area is 103 Å². The van der Waals surface area contributed by atoms with Gasteiger partial charge >= 0.3 is 5.97 Å². The highest BCUT2D eigenvalue weighted by Gasteiger charge is 2.36. The van der Waals surface area contributed by atoms with E-state index in [0.29, 0.717) is 11.3 Å². The van der Waals surface area contributed by atoms with Crippen LogP contribution in [0.3, 0.4) is 0 Å². The molecular weight excluding hydrogens is 216 g/mol. The average molecular weight is 238 g/mol. The molecule has 0 aromatic carbocycles. The predicted octanol–water partition coefficient (Wildman–Crippen LogP) is 1.46. The van der Waals surface area contributed by atoms with Crippen LogP contribution in [0.15, 0.2) is 23.4 Å². The van der Waals surface area contributed by atoms with Gasteiger partial charge in [0.05, 0.1) is 5.57 Å². The molecule has 0 aliphatic heterocycles. The lowest BCUT2D eigenvalue weighted by Crippen LogP contribution is -2.46. The molecule has 0 saturated heterocycles. The summed E-state index contributed by atoms with van der Waals surface area (Å²) in [5, 5.41) is 0. The van der Waals surface area contributed by atoms with Gasteiger partial charge in [-0.05, 0) is 33.8 Å². The second-order valence-corrected chi connectivity index (χ2v) is 5.79. The summed E-state index contributed by atoms with van der Waals surface area (Å²) < 4.78 is 5.35. The van der Waals surface area contributed by atoms with Gasteiger partial charge in [-0.2, -0.15) is 0 Å². The van der Waals surface area contributed by atoms with E-state index in [1.54, 1.807) is 6.08 Å². The van der Waals surface area contributed by atoms with Gasteiger partial charge in [0.1, 0.15) is 5.60 Å². The molecule has 1 aliphatic carbocycles. The monoisotopic (exact) mass is 238 g/mol. The molecule has 1 aliphatic rings. The average Bonchev–Trinajstić information content (AvgIpc) is 2.10. The Balaban J connectivity index is 3.03. The Hall–Kier alpha value is -1.29. The van der Waals surface area contributed by atoms with Crippen LogP contribution in [0.5, 0.6) is 0 Å². The van der Waals surface area contributed by atoms with Crippen molar-refractivity contribution in [2.45, 2.75) is 45.8 Å². The first-order chi connectivity index (χ1) is 7.54. The van der Waals surface area contributed by atoms with Gasteiger partial charge in [-0.25, -0.2) is 4.79 Å². The van der Waals surface area contributed by atoms with Crippen molar-refractivity contribution in [3.63, 3.8) is 0 Å². The molecule has 2 unspecified atom stereocenters. The molecule has 4 N–H and O–H groups in total. The minimum absolute atomic E-state index is 0.164. The first-order valence-corrected chi connectivity index (χ1v) is 5.76. The van der Waals surface area contributed by atoms with Gasteiger partial charge in [-0.3, -0.25) is 0 Å². The first kappa shape index (κ1) is 13.8. The maximum absolute atomic E-state index is 12.1. The van der Waals surface area contributed by atoms with Gasteiger partial charge in [-0.1, -0.05) is 13.0 Å². The molecule has 0 aromatic heterocycles. The predicted molar refractivity (Wildman–Crippen MR) is 68.0 cm³/mol. The Morgan fingerprint density at radius 3 is 2.47 bits per heavy atom. The van der Waals surface area contributed by atoms with Gasteiger partial charge in [0.15, 0.2) is 0 Å². The van der Waals surface area contributed by atoms with Crippen LogP contribution in [-0.4, -0.2) is 17.1 Å². The molecule has 17 heavy (non-hydrogen) atoms. The largest absolute Gasteiger partial charge is 0.457 e. The molecule has 0 fully saturated rings. The molecule has 4 nitrogen and oxygen atoms in total. The van der Waals surface area contributed by atoms with Gasteiger partial charge in [0.2, 0.25) is 0 Å². The van der Waals surface area contributed by atoms with Crippen LogP contribution in [-0.2, 0) is 9.53 Å². The third-order valence-corrected chi connectivity index (χ3v) is 2.92. The van der Waals surface area contributed by atoms with Crippen LogP contribution in [0.1, 0.15) is 34.6 Å². The minimum Gasteiger partial charge on any atom is -0.457 e. The quantitative estimate of drug-likeness (QED) is 0.678. The van der Waals surface area contributed by atoms with Crippen LogP contribution in [0.2, 0.25) is 0 Å². The highest BCUT2D eigenvalue weighted by molar-refractivity contribution is 5.91. The molecule has 0 heterocycles. The van der Waals surface area contributed by atoms with Crippen LogP contribution in [0, 0.1) is 5.92 Å². The number of hydrogen-bond donors (Lipinski definition) is 2. The standard InChI is InChI=1S/C13H22N2O2/c1-8-10(11(16)17-12(2,3)4)9(14)6-7-13(8,5)15/h6-8H,14-15H2,1-5H3. The van der Waals surface area contributed by atoms with Gasteiger partial charge in [0, 0.05) is 17.2 Å². The fraction of sp³-hybridized carbons (Fsp3) is 0.615. The Morgan fingerprint density at radius 2 is 2.00 bits per heavy atom. The van der Waals surface area contributed by atoms with E-state index >= 15 is 0 Å². The van der Waals surface area contributed by atoms with E-state index in [4.69, 9.17) is 16.2 Å². The SMILES string of the molecule is CC1C(C(=O)OC(C)(C)C)=C(N)C=CC1(C)N. The van der Waals surface area contributed by atoms with Crippen LogP contribution >= 0.6 is 0 Å². The van der Waals surface area contributed by atoms with Gasteiger partial charge in [0.25, 0.3) is 0 Å². The zero-order valence-corrected chi connectivity index (χ0v) is 11.2. The Morgan fingerprint density at radius 1 is 1.47 bits per heavy atom. The molecule has 0 saturated carbocycles. The van der Waals surface area contributed by atoms with Crippen molar-refractivity contribution < 1.29 is 9.53 Å². The van der Waals surface area contributed by atoms with E-state index in [2.05, 4.69) is 0 Å². The number of nitrogens with two attached hydrogens (primary N) is 2. The molecule has 0 aromatic rings. The number of allylic oxidation sites excluding steroid dienone is 1. The minimum atomic E-state index is -0.574. The number of hydrogen-bond acceptors (Lipinski definition) is 4. The fourth-order valence-electron chi connectivity index (χ4n) is 1.69. The molecule has 96 valence electrons. The second-order valence-electron chi connectivity index (χ2n) is 5.79. The van der Waals surface area contributed by atoms with Crippen LogP contribution in [0.4, 0.5) is 0 Å². The van der Waals surface area contributed by atoms with Crippen molar-refractivity contribution in [3.8, 4) is 0 Å². The molecule has 0 bridgehead atoms. The summed E-state index contributed by atoms with van der Waals surface area (Å²) in [5.74, 6) is -0.550. The summed E-state index contributed by atoms with van der Waals surface area (Å²) in [6, 6.07) is 0. The zero-order valence-electron chi connectivity index (χ0n) is 11.2. The third kappa shape index (κ3) is 3.09. The first-order valence-electron chi connectivity index (χ1n) is 5.76. The van der Waals surface area contributed by atoms with Crippen LogP contribution < -0.4 is 11.5 Å². The molecule has 4 heteroatoms. The van der Waals surface area contributed by atoms with Crippen molar-refractivity contribution in [1.82, 2.24) is 0 Å². The van der Waals surface area contributed by atoms with Crippen LogP contribution in [0.25, 0.3) is 0 Å². The molecular formula is C13H22N2O2. The summed E-state index contributed by atoms with van der Waals surface area (Å²) in [4.78, 5) is 12.1. The topological polar surface area (TPSA) is 78.3 Å². The molecule has 0 radical (unpaired) electrons. The summed E-state index contributed by atoms with van der Waals surface area (Å²) in [7, 11) is 0. The van der Waals surface area contributed by atoms with Crippen molar-refractivity contribution in [1.29, 1.82) is 0 Å². The summed E-state index contributed by atoms with van der Waals surface area (Å²) in [6.45, 7) is 9.23. The number of carbonyl (C=O) groups is 1. The fourth-order valence-corrected chi connectivity index (χ4v) is 1.69. The molecule has 0 spiro atoms. The number of carbonyl (C=O) groups excluding carboxylic acids is 1. The van der Waals surface area contributed by atoms with Crippen molar-refractivity contribution >= 4 is 5.97 Å². The zero-order chi connectivity index (χ0) is 13.4. The van der Waals surface area contributed by atoms with E-state index in [0.717, 1.165) is 0 Å². The third-order valence-electron chi connectivity index (χ3n) is 2.92. The van der Waals surface area contributed by atoms with E-state index in [1.807, 2.05) is 40.7 Å². The summed E-state index contributed by atoms with van der Waals surface area (Å²) >= 11 is 0. The Bertz CT molecular complexity index is 387. The van der Waals surface area contributed by atoms with E-state index in [9.17, 15) is 4.79 Å². The van der Waals surface area contributed by atoms with E-state index in [-0.39, 0.29) is 11.9 Å². The number of esters is 1. The Kier molecular flexibility index (Phi) is 3.39. The molecule has 0 amide bonds. The molecule has 1 rings (SSSR count). The van der Waals surface area contributed by atoms with E-state index in [1.165, 1.54) is 0 Å². The highest BCUT2D eigenvalue weighted by Crippen LogP contribution is 2.31. The van der Waals surface area contributed by atoms with Gasteiger partial charge < -0.3 is 16.2 Å². The molecule has 2 atom stereocenters.